The molecule has 0 atom stereocenters. The average molecular weight is 219 g/mol. The summed E-state index contributed by atoms with van der Waals surface area (Å²) in [7, 11) is 0. The molecule has 0 saturated heterocycles. The summed E-state index contributed by atoms with van der Waals surface area (Å²) in [6.45, 7) is 2.67. The number of hydrogen-bond donors (Lipinski definition) is 1. The number of anilines is 1. The lowest BCUT2D eigenvalue weighted by Gasteiger charge is -2.04. The van der Waals surface area contributed by atoms with Crippen LogP contribution in [0.5, 0.6) is 5.88 Å². The Bertz CT molecular complexity index is 468. The minimum absolute atomic E-state index is 0.434. The molecule has 2 N–H and O–H groups in total. The zero-order valence-corrected chi connectivity index (χ0v) is 9.00. The summed E-state index contributed by atoms with van der Waals surface area (Å²) in [6.07, 6.45) is 4.27. The molecule has 84 valence electrons. The van der Waals surface area contributed by atoms with Gasteiger partial charge in [-0.15, -0.1) is 5.10 Å². The van der Waals surface area contributed by atoms with Crippen LogP contribution < -0.4 is 10.5 Å². The maximum absolute atomic E-state index is 5.52. The Balaban J connectivity index is 2.22. The van der Waals surface area contributed by atoms with E-state index in [1.807, 2.05) is 6.92 Å². The molecule has 0 aliphatic heterocycles. The van der Waals surface area contributed by atoms with Gasteiger partial charge in [0.15, 0.2) is 0 Å². The number of aromatic nitrogens is 4. The minimum atomic E-state index is 0.434. The van der Waals surface area contributed by atoms with Crippen molar-refractivity contribution in [1.82, 2.24) is 19.7 Å². The van der Waals surface area contributed by atoms with Crippen LogP contribution in [0.25, 0.3) is 5.95 Å². The number of hydrogen-bond acceptors (Lipinski definition) is 5. The van der Waals surface area contributed by atoms with Crippen LogP contribution >= 0.6 is 0 Å². The quantitative estimate of drug-likeness (QED) is 0.830. The van der Waals surface area contributed by atoms with Gasteiger partial charge in [-0.1, -0.05) is 6.92 Å². The van der Waals surface area contributed by atoms with Crippen molar-refractivity contribution in [1.29, 1.82) is 0 Å². The van der Waals surface area contributed by atoms with Crippen molar-refractivity contribution in [2.75, 3.05) is 12.3 Å². The summed E-state index contributed by atoms with van der Waals surface area (Å²) >= 11 is 0. The molecule has 2 aromatic heterocycles. The summed E-state index contributed by atoms with van der Waals surface area (Å²) in [5.41, 5.74) is 5.52. The van der Waals surface area contributed by atoms with Crippen LogP contribution in [-0.2, 0) is 0 Å². The van der Waals surface area contributed by atoms with Crippen molar-refractivity contribution in [3.63, 3.8) is 0 Å². The van der Waals surface area contributed by atoms with Gasteiger partial charge in [0.05, 0.1) is 6.61 Å². The van der Waals surface area contributed by atoms with E-state index in [0.717, 1.165) is 6.42 Å². The molecule has 0 aliphatic rings. The van der Waals surface area contributed by atoms with Gasteiger partial charge in [0.1, 0.15) is 5.82 Å². The molecule has 2 heterocycles. The number of nitrogens with zero attached hydrogens (tertiary/aromatic N) is 4. The SMILES string of the molecule is CCCOc1ccnc(-n2ccc(N)n2)n1. The smallest absolute Gasteiger partial charge is 0.253 e. The first-order valence-corrected chi connectivity index (χ1v) is 5.07. The van der Waals surface area contributed by atoms with Gasteiger partial charge in [0.25, 0.3) is 5.95 Å². The molecule has 0 unspecified atom stereocenters. The Morgan fingerprint density at radius 1 is 1.44 bits per heavy atom. The van der Waals surface area contributed by atoms with Crippen molar-refractivity contribution in [3.8, 4) is 11.8 Å². The first-order valence-electron chi connectivity index (χ1n) is 5.07. The third-order valence-electron chi connectivity index (χ3n) is 1.89. The zero-order valence-electron chi connectivity index (χ0n) is 9.00. The molecule has 0 fully saturated rings. The van der Waals surface area contributed by atoms with Gasteiger partial charge in [0.2, 0.25) is 5.88 Å². The number of ether oxygens (including phenoxy) is 1. The average Bonchev–Trinajstić information content (AvgIpc) is 2.74. The fraction of sp³-hybridized carbons (Fsp3) is 0.300. The van der Waals surface area contributed by atoms with E-state index in [0.29, 0.717) is 24.3 Å². The summed E-state index contributed by atoms with van der Waals surface area (Å²) in [4.78, 5) is 8.29. The van der Waals surface area contributed by atoms with Crippen molar-refractivity contribution < 1.29 is 4.74 Å². The van der Waals surface area contributed by atoms with E-state index in [4.69, 9.17) is 10.5 Å². The Morgan fingerprint density at radius 3 is 3.00 bits per heavy atom. The molecule has 0 aliphatic carbocycles. The van der Waals surface area contributed by atoms with Gasteiger partial charge in [0, 0.05) is 24.5 Å². The highest BCUT2D eigenvalue weighted by Crippen LogP contribution is 2.09. The van der Waals surface area contributed by atoms with E-state index >= 15 is 0 Å². The van der Waals surface area contributed by atoms with E-state index in [-0.39, 0.29) is 0 Å². The number of nitrogens with two attached hydrogens (primary N) is 1. The second-order valence-corrected chi connectivity index (χ2v) is 3.23. The standard InChI is InChI=1S/C10H13N5O/c1-2-7-16-9-3-5-12-10(13-9)15-6-4-8(11)14-15/h3-6H,2,7H2,1H3,(H2,11,14). The molecule has 0 bridgehead atoms. The molecule has 0 aromatic carbocycles. The highest BCUT2D eigenvalue weighted by molar-refractivity contribution is 5.27. The molecular weight excluding hydrogens is 206 g/mol. The third kappa shape index (κ3) is 2.28. The number of nitrogen functional groups attached to an aromatic ring is 1. The molecule has 6 heteroatoms. The van der Waals surface area contributed by atoms with Gasteiger partial charge in [-0.2, -0.15) is 4.98 Å². The van der Waals surface area contributed by atoms with Crippen molar-refractivity contribution in [2.45, 2.75) is 13.3 Å². The summed E-state index contributed by atoms with van der Waals surface area (Å²) in [5, 5.41) is 4.02. The molecule has 0 saturated carbocycles. The van der Waals surface area contributed by atoms with Gasteiger partial charge in [-0.05, 0) is 6.42 Å². The van der Waals surface area contributed by atoms with Crippen LogP contribution in [0, 0.1) is 0 Å². The first kappa shape index (κ1) is 10.4. The van der Waals surface area contributed by atoms with Gasteiger partial charge in [-0.3, -0.25) is 0 Å². The fourth-order valence-corrected chi connectivity index (χ4v) is 1.18. The molecule has 0 radical (unpaired) electrons. The predicted molar refractivity (Wildman–Crippen MR) is 59.4 cm³/mol. The van der Waals surface area contributed by atoms with Crippen LogP contribution in [0.15, 0.2) is 24.5 Å². The van der Waals surface area contributed by atoms with Gasteiger partial charge < -0.3 is 10.5 Å². The molecule has 6 nitrogen and oxygen atoms in total. The van der Waals surface area contributed by atoms with E-state index in [2.05, 4.69) is 15.1 Å². The Labute approximate surface area is 93.1 Å². The summed E-state index contributed by atoms with van der Waals surface area (Å²) in [6, 6.07) is 3.40. The van der Waals surface area contributed by atoms with Crippen LogP contribution in [0.4, 0.5) is 5.82 Å². The fourth-order valence-electron chi connectivity index (χ4n) is 1.18. The van der Waals surface area contributed by atoms with Crippen molar-refractivity contribution in [3.05, 3.63) is 24.5 Å². The second kappa shape index (κ2) is 4.61. The maximum Gasteiger partial charge on any atom is 0.253 e. The summed E-state index contributed by atoms with van der Waals surface area (Å²) < 4.78 is 6.91. The van der Waals surface area contributed by atoms with Crippen LogP contribution in [0.3, 0.4) is 0 Å². The molecule has 16 heavy (non-hydrogen) atoms. The Hall–Kier alpha value is -2.11. The topological polar surface area (TPSA) is 78.9 Å². The van der Waals surface area contributed by atoms with Crippen molar-refractivity contribution >= 4 is 5.82 Å². The lowest BCUT2D eigenvalue weighted by Crippen LogP contribution is -2.05. The first-order chi connectivity index (χ1) is 7.79. The van der Waals surface area contributed by atoms with Crippen LogP contribution in [0.1, 0.15) is 13.3 Å². The maximum atomic E-state index is 5.52. The van der Waals surface area contributed by atoms with Gasteiger partial charge in [-0.25, -0.2) is 9.67 Å². The second-order valence-electron chi connectivity index (χ2n) is 3.23. The molecule has 0 amide bonds. The van der Waals surface area contributed by atoms with Crippen molar-refractivity contribution in [2.24, 2.45) is 0 Å². The largest absolute Gasteiger partial charge is 0.478 e. The lowest BCUT2D eigenvalue weighted by molar-refractivity contribution is 0.304. The van der Waals surface area contributed by atoms with E-state index in [1.165, 1.54) is 4.68 Å². The molecule has 0 spiro atoms. The van der Waals surface area contributed by atoms with E-state index in [9.17, 15) is 0 Å². The normalized spacial score (nSPS) is 10.3. The minimum Gasteiger partial charge on any atom is -0.478 e. The highest BCUT2D eigenvalue weighted by Gasteiger charge is 2.03. The number of rotatable bonds is 4. The zero-order chi connectivity index (χ0) is 11.4. The lowest BCUT2D eigenvalue weighted by atomic mass is 10.5. The van der Waals surface area contributed by atoms with Crippen LogP contribution in [-0.4, -0.2) is 26.4 Å². The van der Waals surface area contributed by atoms with Gasteiger partial charge >= 0.3 is 0 Å². The van der Waals surface area contributed by atoms with E-state index < -0.39 is 0 Å². The Morgan fingerprint density at radius 2 is 2.31 bits per heavy atom. The molecular formula is C10H13N5O. The highest BCUT2D eigenvalue weighted by atomic mass is 16.5. The summed E-state index contributed by atoms with van der Waals surface area (Å²) in [5.74, 6) is 1.43. The molecule has 2 aromatic rings. The monoisotopic (exact) mass is 219 g/mol. The molecule has 2 rings (SSSR count). The van der Waals surface area contributed by atoms with Crippen LogP contribution in [0.2, 0.25) is 0 Å². The van der Waals surface area contributed by atoms with E-state index in [1.54, 1.807) is 24.5 Å². The Kier molecular flexibility index (Phi) is 3.00. The predicted octanol–water partition coefficient (Wildman–Crippen LogP) is 1.03. The third-order valence-corrected chi connectivity index (χ3v) is 1.89.